The number of aliphatic hydroxyl groups is 1. The number of carbonyl (C=O) groups is 1. The first-order chi connectivity index (χ1) is 12.3. The quantitative estimate of drug-likeness (QED) is 0.462. The van der Waals surface area contributed by atoms with E-state index < -0.39 is 0 Å². The fourth-order valence-electron chi connectivity index (χ4n) is 3.78. The van der Waals surface area contributed by atoms with Crippen molar-refractivity contribution in [1.29, 1.82) is 0 Å². The minimum atomic E-state index is -0.116. The first kappa shape index (κ1) is 14.0. The predicted octanol–water partition coefficient (Wildman–Crippen LogP) is 5.62. The molecule has 1 N–H and O–H groups in total. The predicted molar refractivity (Wildman–Crippen MR) is 102 cm³/mol. The number of fused-ring (bicyclic) bond motifs is 3. The molecule has 0 saturated heterocycles. The number of hydrogen-bond donors (Lipinski definition) is 1. The molecule has 2 heteroatoms. The van der Waals surface area contributed by atoms with Crippen molar-refractivity contribution in [3.05, 3.63) is 95.6 Å². The van der Waals surface area contributed by atoms with Gasteiger partial charge in [0, 0.05) is 16.7 Å². The molecule has 118 valence electrons. The van der Waals surface area contributed by atoms with Crippen LogP contribution in [-0.4, -0.2) is 10.9 Å². The minimum absolute atomic E-state index is 0.0714. The molecule has 0 saturated carbocycles. The highest BCUT2D eigenvalue weighted by Crippen LogP contribution is 2.42. The maximum absolute atomic E-state index is 13.1. The standard InChI is InChI=1S/C23H14O2/c24-22-18-11-5-6-12-19(18)23(25)21(22)20-16-9-3-1-7-14(16)13-15-8-2-4-10-17(15)20/h1-13,24H. The number of benzene rings is 4. The maximum Gasteiger partial charge on any atom is 0.198 e. The van der Waals surface area contributed by atoms with Gasteiger partial charge in [0.1, 0.15) is 5.76 Å². The first-order valence-corrected chi connectivity index (χ1v) is 8.24. The maximum atomic E-state index is 13.1. The number of ketones is 1. The number of hydrogen-bond acceptors (Lipinski definition) is 2. The molecule has 4 aromatic carbocycles. The molecule has 0 heterocycles. The molecule has 25 heavy (non-hydrogen) atoms. The zero-order valence-electron chi connectivity index (χ0n) is 13.4. The topological polar surface area (TPSA) is 37.3 Å². The van der Waals surface area contributed by atoms with Gasteiger partial charge in [-0.3, -0.25) is 4.79 Å². The van der Waals surface area contributed by atoms with Crippen molar-refractivity contribution in [1.82, 2.24) is 0 Å². The minimum Gasteiger partial charge on any atom is -0.507 e. The summed E-state index contributed by atoms with van der Waals surface area (Å²) < 4.78 is 0. The van der Waals surface area contributed by atoms with E-state index in [1.54, 1.807) is 12.1 Å². The summed E-state index contributed by atoms with van der Waals surface area (Å²) in [4.78, 5) is 13.1. The van der Waals surface area contributed by atoms with E-state index in [0.717, 1.165) is 27.1 Å². The zero-order chi connectivity index (χ0) is 17.0. The normalized spacial score (nSPS) is 13.7. The van der Waals surface area contributed by atoms with Crippen molar-refractivity contribution >= 4 is 38.7 Å². The van der Waals surface area contributed by atoms with Crippen LogP contribution in [0.2, 0.25) is 0 Å². The molecule has 0 unspecified atom stereocenters. The van der Waals surface area contributed by atoms with Crippen LogP contribution in [0.4, 0.5) is 0 Å². The molecule has 1 aliphatic carbocycles. The van der Waals surface area contributed by atoms with Crippen LogP contribution >= 0.6 is 0 Å². The van der Waals surface area contributed by atoms with Gasteiger partial charge in [-0.1, -0.05) is 72.8 Å². The Balaban J connectivity index is 1.96. The molecular formula is C23H14O2. The summed E-state index contributed by atoms with van der Waals surface area (Å²) in [5.41, 5.74) is 2.38. The highest BCUT2D eigenvalue weighted by atomic mass is 16.3. The Morgan fingerprint density at radius 3 is 1.76 bits per heavy atom. The van der Waals surface area contributed by atoms with Crippen molar-refractivity contribution < 1.29 is 9.90 Å². The molecule has 0 bridgehead atoms. The SMILES string of the molecule is O=C1C(c2c3ccccc3cc3ccccc23)=C(O)c2ccccc21. The largest absolute Gasteiger partial charge is 0.507 e. The fraction of sp³-hybridized carbons (Fsp3) is 0. The van der Waals surface area contributed by atoms with Crippen LogP contribution in [0.3, 0.4) is 0 Å². The van der Waals surface area contributed by atoms with Gasteiger partial charge in [0.25, 0.3) is 0 Å². The van der Waals surface area contributed by atoms with Crippen molar-refractivity contribution in [3.63, 3.8) is 0 Å². The summed E-state index contributed by atoms with van der Waals surface area (Å²) >= 11 is 0. The van der Waals surface area contributed by atoms with E-state index in [1.165, 1.54) is 0 Å². The lowest BCUT2D eigenvalue weighted by molar-refractivity contribution is 0.105. The molecule has 5 rings (SSSR count). The van der Waals surface area contributed by atoms with Gasteiger partial charge < -0.3 is 5.11 Å². The van der Waals surface area contributed by atoms with Crippen LogP contribution in [-0.2, 0) is 0 Å². The van der Waals surface area contributed by atoms with Crippen molar-refractivity contribution in [2.75, 3.05) is 0 Å². The van der Waals surface area contributed by atoms with E-state index in [0.29, 0.717) is 16.7 Å². The molecule has 0 amide bonds. The first-order valence-electron chi connectivity index (χ1n) is 8.24. The summed E-state index contributed by atoms with van der Waals surface area (Å²) in [5.74, 6) is -0.0447. The summed E-state index contributed by atoms with van der Waals surface area (Å²) in [7, 11) is 0. The van der Waals surface area contributed by atoms with Gasteiger partial charge in [0.15, 0.2) is 5.78 Å². The molecule has 0 aromatic heterocycles. The van der Waals surface area contributed by atoms with Gasteiger partial charge in [-0.2, -0.15) is 0 Å². The third kappa shape index (κ3) is 1.88. The molecule has 2 nitrogen and oxygen atoms in total. The highest BCUT2D eigenvalue weighted by Gasteiger charge is 2.32. The Hall–Kier alpha value is -3.39. The van der Waals surface area contributed by atoms with E-state index >= 15 is 0 Å². The highest BCUT2D eigenvalue weighted by molar-refractivity contribution is 6.42. The lowest BCUT2D eigenvalue weighted by Gasteiger charge is -2.12. The number of rotatable bonds is 1. The van der Waals surface area contributed by atoms with E-state index in [1.807, 2.05) is 60.7 Å². The number of carbonyl (C=O) groups excluding carboxylic acids is 1. The fourth-order valence-corrected chi connectivity index (χ4v) is 3.78. The van der Waals surface area contributed by atoms with Gasteiger partial charge >= 0.3 is 0 Å². The van der Waals surface area contributed by atoms with Crippen LogP contribution in [0.5, 0.6) is 0 Å². The molecule has 0 fully saturated rings. The Kier molecular flexibility index (Phi) is 2.83. The number of Topliss-reactive ketones (excluding diaryl/α,β-unsaturated/α-hetero) is 1. The second-order valence-electron chi connectivity index (χ2n) is 6.29. The van der Waals surface area contributed by atoms with Crippen LogP contribution < -0.4 is 0 Å². The third-order valence-electron chi connectivity index (χ3n) is 4.91. The van der Waals surface area contributed by atoms with Crippen LogP contribution in [0.15, 0.2) is 78.9 Å². The Labute approximate surface area is 144 Å². The average Bonchev–Trinajstić information content (AvgIpc) is 2.91. The lowest BCUT2D eigenvalue weighted by atomic mass is 9.90. The smallest absolute Gasteiger partial charge is 0.198 e. The number of aliphatic hydroxyl groups excluding tert-OH is 1. The van der Waals surface area contributed by atoms with E-state index in [2.05, 4.69) is 6.07 Å². The van der Waals surface area contributed by atoms with Gasteiger partial charge in [-0.15, -0.1) is 0 Å². The number of allylic oxidation sites excluding steroid dienone is 1. The summed E-state index contributed by atoms with van der Waals surface area (Å²) in [6, 6.07) is 25.3. The van der Waals surface area contributed by atoms with Crippen molar-refractivity contribution in [2.24, 2.45) is 0 Å². The second-order valence-corrected chi connectivity index (χ2v) is 6.29. The molecular weight excluding hydrogens is 308 g/mol. The Morgan fingerprint density at radius 2 is 1.16 bits per heavy atom. The van der Waals surface area contributed by atoms with Gasteiger partial charge in [0.2, 0.25) is 0 Å². The molecule has 0 spiro atoms. The van der Waals surface area contributed by atoms with Gasteiger partial charge in [-0.05, 0) is 27.6 Å². The van der Waals surface area contributed by atoms with Crippen LogP contribution in [0.1, 0.15) is 21.5 Å². The Morgan fingerprint density at radius 1 is 0.640 bits per heavy atom. The van der Waals surface area contributed by atoms with Crippen molar-refractivity contribution in [3.8, 4) is 0 Å². The van der Waals surface area contributed by atoms with Gasteiger partial charge in [0.05, 0.1) is 5.57 Å². The lowest BCUT2D eigenvalue weighted by Crippen LogP contribution is -2.00. The molecule has 0 atom stereocenters. The molecule has 0 aliphatic heterocycles. The monoisotopic (exact) mass is 322 g/mol. The molecule has 4 aromatic rings. The third-order valence-corrected chi connectivity index (χ3v) is 4.91. The Bertz CT molecular complexity index is 1160. The molecule has 1 aliphatic rings. The second kappa shape index (κ2) is 5.05. The van der Waals surface area contributed by atoms with Crippen LogP contribution in [0.25, 0.3) is 32.9 Å². The summed E-state index contributed by atoms with van der Waals surface area (Å²) in [6.45, 7) is 0. The summed E-state index contributed by atoms with van der Waals surface area (Å²) in [6.07, 6.45) is 0. The van der Waals surface area contributed by atoms with E-state index in [9.17, 15) is 9.90 Å². The zero-order valence-corrected chi connectivity index (χ0v) is 13.4. The molecule has 0 radical (unpaired) electrons. The van der Waals surface area contributed by atoms with E-state index in [4.69, 9.17) is 0 Å². The summed E-state index contributed by atoms with van der Waals surface area (Å²) in [5, 5.41) is 14.9. The van der Waals surface area contributed by atoms with Crippen LogP contribution in [0, 0.1) is 0 Å². The van der Waals surface area contributed by atoms with E-state index in [-0.39, 0.29) is 11.5 Å². The average molecular weight is 322 g/mol. The van der Waals surface area contributed by atoms with Crippen molar-refractivity contribution in [2.45, 2.75) is 0 Å². The van der Waals surface area contributed by atoms with Gasteiger partial charge in [-0.25, -0.2) is 0 Å².